The van der Waals surface area contributed by atoms with Gasteiger partial charge in [0, 0.05) is 12.1 Å². The van der Waals surface area contributed by atoms with Crippen LogP contribution in [0.5, 0.6) is 11.5 Å². The summed E-state index contributed by atoms with van der Waals surface area (Å²) in [6.07, 6.45) is -0.159. The summed E-state index contributed by atoms with van der Waals surface area (Å²) in [5, 5.41) is 0. The third-order valence-corrected chi connectivity index (χ3v) is 5.67. The number of anilines is 1. The van der Waals surface area contributed by atoms with Gasteiger partial charge < -0.3 is 14.4 Å². The number of para-hydroxylation sites is 1. The molecule has 0 aromatic heterocycles. The number of benzene rings is 3. The van der Waals surface area contributed by atoms with E-state index in [1.807, 2.05) is 0 Å². The lowest BCUT2D eigenvalue weighted by Crippen LogP contribution is -2.45. The number of hydrogen-bond donors (Lipinski definition) is 0. The molecule has 0 saturated carbocycles. The van der Waals surface area contributed by atoms with E-state index >= 15 is 0 Å². The summed E-state index contributed by atoms with van der Waals surface area (Å²) in [6.45, 7) is 0.0137. The van der Waals surface area contributed by atoms with Gasteiger partial charge in [-0.1, -0.05) is 30.3 Å². The molecule has 3 amide bonds. The molecule has 0 N–H and O–H groups in total. The first-order valence-corrected chi connectivity index (χ1v) is 10.6. The van der Waals surface area contributed by atoms with Crippen LogP contribution in [0, 0.1) is 5.82 Å². The quantitative estimate of drug-likeness (QED) is 0.499. The summed E-state index contributed by atoms with van der Waals surface area (Å²) >= 11 is 0. The zero-order valence-corrected chi connectivity index (χ0v) is 18.7. The Morgan fingerprint density at radius 1 is 0.971 bits per heavy atom. The minimum Gasteiger partial charge on any atom is -0.493 e. The van der Waals surface area contributed by atoms with Crippen molar-refractivity contribution < 1.29 is 28.2 Å². The minimum atomic E-state index is -1.02. The van der Waals surface area contributed by atoms with Gasteiger partial charge >= 0.3 is 0 Å². The van der Waals surface area contributed by atoms with Crippen molar-refractivity contribution >= 4 is 23.4 Å². The molecule has 4 rings (SSSR count). The predicted molar refractivity (Wildman–Crippen MR) is 123 cm³/mol. The highest BCUT2D eigenvalue weighted by Crippen LogP contribution is 2.31. The van der Waals surface area contributed by atoms with E-state index in [0.717, 1.165) is 4.90 Å². The maximum Gasteiger partial charge on any atom is 0.257 e. The van der Waals surface area contributed by atoms with Crippen LogP contribution in [0.2, 0.25) is 0 Å². The Labute approximate surface area is 196 Å². The molecule has 1 unspecified atom stereocenters. The molecule has 1 aliphatic heterocycles. The van der Waals surface area contributed by atoms with Gasteiger partial charge in [-0.15, -0.1) is 0 Å². The molecule has 1 saturated heterocycles. The van der Waals surface area contributed by atoms with Gasteiger partial charge in [0.1, 0.15) is 11.9 Å². The summed E-state index contributed by atoms with van der Waals surface area (Å²) in [4.78, 5) is 42.3. The highest BCUT2D eigenvalue weighted by molar-refractivity contribution is 6.23. The summed E-state index contributed by atoms with van der Waals surface area (Å²) in [5.41, 5.74) is 1.33. The van der Waals surface area contributed by atoms with E-state index in [1.54, 1.807) is 54.6 Å². The summed E-state index contributed by atoms with van der Waals surface area (Å²) in [7, 11) is 2.94. The van der Waals surface area contributed by atoms with Crippen LogP contribution in [0.4, 0.5) is 10.1 Å². The van der Waals surface area contributed by atoms with Gasteiger partial charge in [-0.25, -0.2) is 9.29 Å². The number of amides is 3. The number of methoxy groups -OCH3 is 2. The molecule has 1 aliphatic rings. The number of rotatable bonds is 7. The molecule has 3 aromatic carbocycles. The lowest BCUT2D eigenvalue weighted by molar-refractivity contribution is -0.122. The van der Waals surface area contributed by atoms with Gasteiger partial charge in [0.05, 0.1) is 26.3 Å². The van der Waals surface area contributed by atoms with Crippen molar-refractivity contribution in [1.29, 1.82) is 0 Å². The smallest absolute Gasteiger partial charge is 0.257 e. The molecular weight excluding hydrogens is 439 g/mol. The van der Waals surface area contributed by atoms with Gasteiger partial charge in [-0.3, -0.25) is 14.4 Å². The third kappa shape index (κ3) is 4.47. The number of nitrogens with zero attached hydrogens (tertiary/aromatic N) is 2. The Balaban J connectivity index is 1.71. The van der Waals surface area contributed by atoms with Crippen LogP contribution in [-0.4, -0.2) is 42.9 Å². The van der Waals surface area contributed by atoms with Crippen molar-refractivity contribution in [1.82, 2.24) is 4.90 Å². The fraction of sp³-hybridized carbons (Fsp3) is 0.192. The van der Waals surface area contributed by atoms with E-state index < -0.39 is 29.6 Å². The molecule has 3 aromatic rings. The zero-order chi connectivity index (χ0) is 24.2. The van der Waals surface area contributed by atoms with E-state index in [4.69, 9.17) is 9.47 Å². The average molecular weight is 462 g/mol. The zero-order valence-electron chi connectivity index (χ0n) is 18.7. The second-order valence-electron chi connectivity index (χ2n) is 7.75. The van der Waals surface area contributed by atoms with Gasteiger partial charge in [0.25, 0.3) is 11.8 Å². The largest absolute Gasteiger partial charge is 0.493 e. The van der Waals surface area contributed by atoms with Crippen LogP contribution < -0.4 is 14.4 Å². The number of hydrogen-bond acceptors (Lipinski definition) is 5. The van der Waals surface area contributed by atoms with Gasteiger partial charge in [0.15, 0.2) is 11.5 Å². The first-order valence-electron chi connectivity index (χ1n) is 10.6. The average Bonchev–Trinajstić information content (AvgIpc) is 3.16. The second-order valence-corrected chi connectivity index (χ2v) is 7.75. The van der Waals surface area contributed by atoms with Crippen LogP contribution >= 0.6 is 0 Å². The topological polar surface area (TPSA) is 76.2 Å². The molecule has 0 radical (unpaired) electrons. The van der Waals surface area contributed by atoms with E-state index in [0.29, 0.717) is 22.7 Å². The molecule has 174 valence electrons. The fourth-order valence-electron chi connectivity index (χ4n) is 3.95. The van der Waals surface area contributed by atoms with Gasteiger partial charge in [-0.2, -0.15) is 0 Å². The lowest BCUT2D eigenvalue weighted by Gasteiger charge is -2.28. The first-order chi connectivity index (χ1) is 16.4. The molecule has 1 atom stereocenters. The Morgan fingerprint density at radius 3 is 2.29 bits per heavy atom. The highest BCUT2D eigenvalue weighted by Gasteiger charge is 2.44. The lowest BCUT2D eigenvalue weighted by atomic mass is 10.1. The van der Waals surface area contributed by atoms with Crippen molar-refractivity contribution in [3.63, 3.8) is 0 Å². The molecule has 0 spiro atoms. The molecule has 0 bridgehead atoms. The Hall–Kier alpha value is -4.20. The summed E-state index contributed by atoms with van der Waals surface area (Å²) in [6, 6.07) is 17.9. The highest BCUT2D eigenvalue weighted by atomic mass is 19.1. The molecular formula is C26H23FN2O5. The van der Waals surface area contributed by atoms with Crippen molar-refractivity contribution in [2.45, 2.75) is 19.0 Å². The maximum atomic E-state index is 13.6. The van der Waals surface area contributed by atoms with Crippen LogP contribution in [0.15, 0.2) is 72.8 Å². The Bertz CT molecular complexity index is 1210. The predicted octanol–water partition coefficient (Wildman–Crippen LogP) is 3.82. The standard InChI is InChI=1S/C26H23FN2O5/c1-33-22-13-10-18(14-23(22)34-2)25(31)28(16-17-8-11-19(27)12-9-17)21-15-24(30)29(26(21)32)20-6-4-3-5-7-20/h3-14,21H,15-16H2,1-2H3. The third-order valence-electron chi connectivity index (χ3n) is 5.67. The van der Waals surface area contributed by atoms with Gasteiger partial charge in [0.2, 0.25) is 5.91 Å². The monoisotopic (exact) mass is 462 g/mol. The molecule has 8 heteroatoms. The van der Waals surface area contributed by atoms with Crippen molar-refractivity contribution in [3.05, 3.63) is 89.7 Å². The van der Waals surface area contributed by atoms with Crippen LogP contribution in [0.3, 0.4) is 0 Å². The Morgan fingerprint density at radius 2 is 1.65 bits per heavy atom. The van der Waals surface area contributed by atoms with Crippen molar-refractivity contribution in [2.75, 3.05) is 19.1 Å². The molecule has 1 fully saturated rings. The molecule has 7 nitrogen and oxygen atoms in total. The Kier molecular flexibility index (Phi) is 6.58. The van der Waals surface area contributed by atoms with Crippen molar-refractivity contribution in [2.24, 2.45) is 0 Å². The van der Waals surface area contributed by atoms with Gasteiger partial charge in [-0.05, 0) is 48.0 Å². The second kappa shape index (κ2) is 9.74. The van der Waals surface area contributed by atoms with Crippen LogP contribution in [0.1, 0.15) is 22.3 Å². The fourth-order valence-corrected chi connectivity index (χ4v) is 3.95. The molecule has 0 aliphatic carbocycles. The molecule has 1 heterocycles. The van der Waals surface area contributed by atoms with E-state index in [2.05, 4.69) is 0 Å². The minimum absolute atomic E-state index is 0.0137. The first kappa shape index (κ1) is 23.0. The number of ether oxygens (including phenoxy) is 2. The van der Waals surface area contributed by atoms with Crippen LogP contribution in [0.25, 0.3) is 0 Å². The van der Waals surface area contributed by atoms with Crippen LogP contribution in [-0.2, 0) is 16.1 Å². The maximum absolute atomic E-state index is 13.6. The van der Waals surface area contributed by atoms with E-state index in [1.165, 1.54) is 37.3 Å². The number of carbonyl (C=O) groups excluding carboxylic acids is 3. The van der Waals surface area contributed by atoms with E-state index in [-0.39, 0.29) is 18.5 Å². The normalized spacial score (nSPS) is 15.4. The number of carbonyl (C=O) groups is 3. The SMILES string of the molecule is COc1ccc(C(=O)N(Cc2ccc(F)cc2)C2CC(=O)N(c3ccccc3)C2=O)cc1OC. The molecule has 34 heavy (non-hydrogen) atoms. The number of halogens is 1. The van der Waals surface area contributed by atoms with Crippen molar-refractivity contribution in [3.8, 4) is 11.5 Å². The van der Waals surface area contributed by atoms with E-state index in [9.17, 15) is 18.8 Å². The number of imide groups is 1. The summed E-state index contributed by atoms with van der Waals surface area (Å²) in [5.74, 6) is -0.964. The summed E-state index contributed by atoms with van der Waals surface area (Å²) < 4.78 is 24.0.